The summed E-state index contributed by atoms with van der Waals surface area (Å²) in [7, 11) is -3.85. The van der Waals surface area contributed by atoms with E-state index in [2.05, 4.69) is 4.40 Å². The molecular formula is C17H14N2O4S. The Hall–Kier alpha value is -2.35. The molecule has 1 atom stereocenters. The minimum atomic E-state index is -3.85. The lowest BCUT2D eigenvalue weighted by Crippen LogP contribution is -3.02. The summed E-state index contributed by atoms with van der Waals surface area (Å²) in [4.78, 5) is 12.9. The van der Waals surface area contributed by atoms with Crippen LogP contribution in [0.3, 0.4) is 0 Å². The van der Waals surface area contributed by atoms with Gasteiger partial charge in [-0.1, -0.05) is 25.1 Å². The normalized spacial score (nSPS) is 17.9. The number of fused-ring (bicyclic) bond motifs is 2. The molecule has 7 heteroatoms. The van der Waals surface area contributed by atoms with Crippen LogP contribution in [0.1, 0.15) is 40.4 Å². The molecule has 6 nitrogen and oxygen atoms in total. The number of quaternary nitrogens is 1. The van der Waals surface area contributed by atoms with Crippen molar-refractivity contribution in [1.82, 2.24) is 0 Å². The minimum Gasteiger partial charge on any atom is -0.629 e. The molecule has 0 saturated carbocycles. The average molecular weight is 342 g/mol. The van der Waals surface area contributed by atoms with Gasteiger partial charge in [-0.05, 0) is 18.6 Å². The molecule has 1 unspecified atom stereocenters. The first-order valence-corrected chi connectivity index (χ1v) is 9.09. The van der Waals surface area contributed by atoms with Crippen molar-refractivity contribution in [2.75, 3.05) is 6.54 Å². The van der Waals surface area contributed by atoms with Crippen molar-refractivity contribution < 1.29 is 18.3 Å². The molecule has 0 bridgehead atoms. The molecular weight excluding hydrogens is 328 g/mol. The van der Waals surface area contributed by atoms with Crippen LogP contribution in [0.4, 0.5) is 5.69 Å². The fourth-order valence-electron chi connectivity index (χ4n) is 3.30. The van der Waals surface area contributed by atoms with Gasteiger partial charge in [0.05, 0.1) is 22.7 Å². The van der Waals surface area contributed by atoms with Gasteiger partial charge in [0.2, 0.25) is 0 Å². The molecule has 1 aliphatic heterocycles. The summed E-state index contributed by atoms with van der Waals surface area (Å²) in [6, 6.07) is 9.48. The molecule has 2 aromatic rings. The highest BCUT2D eigenvalue weighted by molar-refractivity contribution is 7.90. The van der Waals surface area contributed by atoms with E-state index < -0.39 is 10.0 Å². The number of rotatable bonds is 3. The largest absolute Gasteiger partial charge is 0.629 e. The number of hydroxylamine groups is 1. The third-order valence-electron chi connectivity index (χ3n) is 4.32. The van der Waals surface area contributed by atoms with Gasteiger partial charge in [0.1, 0.15) is 5.69 Å². The van der Waals surface area contributed by atoms with Gasteiger partial charge in [0, 0.05) is 22.8 Å². The standard InChI is InChI=1S/C17H14N2O4S/c1-2-9-19(21)12-7-3-5-10-14(12)16-15-11(17(10)20)6-4-8-13(15)24(22,23)18-16/h3-8,19H,2,9H2,1H3. The Morgan fingerprint density at radius 2 is 1.75 bits per heavy atom. The van der Waals surface area contributed by atoms with Gasteiger partial charge >= 0.3 is 0 Å². The number of benzene rings is 2. The second kappa shape index (κ2) is 5.07. The fourth-order valence-corrected chi connectivity index (χ4v) is 4.54. The van der Waals surface area contributed by atoms with E-state index in [1.54, 1.807) is 30.3 Å². The van der Waals surface area contributed by atoms with E-state index in [9.17, 15) is 18.4 Å². The first-order valence-electron chi connectivity index (χ1n) is 7.65. The number of hydrogen-bond donors (Lipinski definition) is 1. The van der Waals surface area contributed by atoms with Crippen LogP contribution in [-0.2, 0) is 10.0 Å². The zero-order chi connectivity index (χ0) is 17.1. The zero-order valence-electron chi connectivity index (χ0n) is 12.9. The lowest BCUT2D eigenvalue weighted by molar-refractivity contribution is -0.776. The number of nitrogens with zero attached hydrogens (tertiary/aromatic N) is 1. The van der Waals surface area contributed by atoms with Crippen LogP contribution in [0, 0.1) is 5.21 Å². The summed E-state index contributed by atoms with van der Waals surface area (Å²) in [5.41, 5.74) is 1.90. The van der Waals surface area contributed by atoms with Crippen molar-refractivity contribution in [2.24, 2.45) is 4.40 Å². The highest BCUT2D eigenvalue weighted by atomic mass is 32.2. The van der Waals surface area contributed by atoms with Crippen LogP contribution in [0.5, 0.6) is 0 Å². The third-order valence-corrected chi connectivity index (χ3v) is 5.64. The smallest absolute Gasteiger partial charge is 0.283 e. The van der Waals surface area contributed by atoms with E-state index in [4.69, 9.17) is 0 Å². The van der Waals surface area contributed by atoms with Crippen molar-refractivity contribution in [3.63, 3.8) is 0 Å². The number of ketones is 1. The lowest BCUT2D eigenvalue weighted by atomic mass is 9.82. The molecule has 0 radical (unpaired) electrons. The van der Waals surface area contributed by atoms with Crippen LogP contribution in [0.15, 0.2) is 45.7 Å². The minimum absolute atomic E-state index is 0.0340. The molecule has 122 valence electrons. The Labute approximate surface area is 139 Å². The van der Waals surface area contributed by atoms with E-state index in [0.717, 1.165) is 0 Å². The number of hydrogen-bond acceptors (Lipinski definition) is 4. The Balaban J connectivity index is 2.08. The number of carbonyl (C=O) groups is 1. The molecule has 0 saturated heterocycles. The highest BCUT2D eigenvalue weighted by Gasteiger charge is 2.41. The maximum Gasteiger partial charge on any atom is 0.283 e. The number of sulfonamides is 1. The molecule has 2 aliphatic rings. The Morgan fingerprint density at radius 3 is 2.46 bits per heavy atom. The lowest BCUT2D eigenvalue weighted by Gasteiger charge is -2.27. The Kier molecular flexibility index (Phi) is 3.21. The quantitative estimate of drug-likeness (QED) is 0.724. The molecule has 0 aromatic heterocycles. The summed E-state index contributed by atoms with van der Waals surface area (Å²) in [6.45, 7) is 2.22. The molecule has 1 N–H and O–H groups in total. The predicted octanol–water partition coefficient (Wildman–Crippen LogP) is 1.19. The molecule has 4 rings (SSSR count). The first kappa shape index (κ1) is 15.2. The number of nitrogens with one attached hydrogen (secondary N) is 1. The van der Waals surface area contributed by atoms with Crippen LogP contribution in [-0.4, -0.2) is 26.5 Å². The summed E-state index contributed by atoms with van der Waals surface area (Å²) < 4.78 is 28.6. The van der Waals surface area contributed by atoms with Crippen LogP contribution >= 0.6 is 0 Å². The summed E-state index contributed by atoms with van der Waals surface area (Å²) in [5.74, 6) is -0.274. The van der Waals surface area contributed by atoms with Crippen LogP contribution < -0.4 is 5.06 Å². The summed E-state index contributed by atoms with van der Waals surface area (Å²) >= 11 is 0. The molecule has 0 fully saturated rings. The average Bonchev–Trinajstić information content (AvgIpc) is 2.84. The van der Waals surface area contributed by atoms with Gasteiger partial charge in [-0.15, -0.1) is 0 Å². The Bertz CT molecular complexity index is 1020. The first-order chi connectivity index (χ1) is 11.5. The second-order valence-corrected chi connectivity index (χ2v) is 7.40. The van der Waals surface area contributed by atoms with Crippen LogP contribution in [0.2, 0.25) is 0 Å². The molecule has 1 aliphatic carbocycles. The van der Waals surface area contributed by atoms with Gasteiger partial charge < -0.3 is 10.3 Å². The van der Waals surface area contributed by atoms with Crippen molar-refractivity contribution in [2.45, 2.75) is 18.2 Å². The zero-order valence-corrected chi connectivity index (χ0v) is 13.7. The summed E-state index contributed by atoms with van der Waals surface area (Å²) in [6.07, 6.45) is 0.670. The number of carbonyl (C=O) groups excluding carboxylic acids is 1. The van der Waals surface area contributed by atoms with Crippen molar-refractivity contribution in [3.05, 3.63) is 63.9 Å². The Morgan fingerprint density at radius 1 is 1.08 bits per heavy atom. The van der Waals surface area contributed by atoms with E-state index in [0.29, 0.717) is 40.9 Å². The van der Waals surface area contributed by atoms with Gasteiger partial charge in [0.25, 0.3) is 10.0 Å². The maximum absolute atomic E-state index is 12.8. The molecule has 0 spiro atoms. The highest BCUT2D eigenvalue weighted by Crippen LogP contribution is 2.39. The van der Waals surface area contributed by atoms with Gasteiger partial charge in [-0.3, -0.25) is 4.79 Å². The SMILES string of the molecule is CCC[NH+]([O-])c1cccc2c1C1=NS(=O)(=O)c3cccc(c31)C2=O. The summed E-state index contributed by atoms with van der Waals surface area (Å²) in [5, 5.41) is 12.3. The van der Waals surface area contributed by atoms with Gasteiger partial charge in [-0.2, -0.15) is 12.8 Å². The van der Waals surface area contributed by atoms with Crippen molar-refractivity contribution >= 4 is 27.2 Å². The van der Waals surface area contributed by atoms with E-state index >= 15 is 0 Å². The van der Waals surface area contributed by atoms with Crippen molar-refractivity contribution in [3.8, 4) is 0 Å². The topological polar surface area (TPSA) is 91.1 Å². The monoisotopic (exact) mass is 342 g/mol. The van der Waals surface area contributed by atoms with E-state index in [1.165, 1.54) is 6.07 Å². The van der Waals surface area contributed by atoms with Gasteiger partial charge in [0.15, 0.2) is 5.78 Å². The predicted molar refractivity (Wildman–Crippen MR) is 88.3 cm³/mol. The van der Waals surface area contributed by atoms with Crippen LogP contribution in [0.25, 0.3) is 0 Å². The fraction of sp³-hybridized carbons (Fsp3) is 0.176. The third kappa shape index (κ3) is 1.92. The van der Waals surface area contributed by atoms with Crippen molar-refractivity contribution in [1.29, 1.82) is 0 Å². The van der Waals surface area contributed by atoms with E-state index in [-0.39, 0.29) is 21.5 Å². The van der Waals surface area contributed by atoms with Gasteiger partial charge in [-0.25, -0.2) is 0 Å². The molecule has 2 aromatic carbocycles. The molecule has 1 heterocycles. The molecule has 24 heavy (non-hydrogen) atoms. The maximum atomic E-state index is 12.8. The second-order valence-electron chi connectivity index (χ2n) is 5.82. The molecule has 0 amide bonds. The van der Waals surface area contributed by atoms with E-state index in [1.807, 2.05) is 6.92 Å².